The second-order valence-electron chi connectivity index (χ2n) is 4.83. The molecule has 0 radical (unpaired) electrons. The largest absolute Gasteiger partial charge is 0.465 e. The number of hydrogen-bond acceptors (Lipinski definition) is 3. The predicted molar refractivity (Wildman–Crippen MR) is 68.3 cm³/mol. The van der Waals surface area contributed by atoms with Gasteiger partial charge >= 0.3 is 5.97 Å². The van der Waals surface area contributed by atoms with Gasteiger partial charge < -0.3 is 9.53 Å². The van der Waals surface area contributed by atoms with E-state index in [1.807, 2.05) is 25.8 Å². The summed E-state index contributed by atoms with van der Waals surface area (Å²) >= 11 is 0. The van der Waals surface area contributed by atoms with E-state index < -0.39 is 0 Å². The van der Waals surface area contributed by atoms with Crippen LogP contribution in [0.4, 0.5) is 0 Å². The molecule has 0 amide bonds. The van der Waals surface area contributed by atoms with Crippen molar-refractivity contribution in [2.75, 3.05) is 7.11 Å². The summed E-state index contributed by atoms with van der Waals surface area (Å²) in [7, 11) is 1.40. The summed E-state index contributed by atoms with van der Waals surface area (Å²) in [5, 5.41) is 0. The molecule has 0 aliphatic carbocycles. The van der Waals surface area contributed by atoms with E-state index in [9.17, 15) is 4.79 Å². The lowest BCUT2D eigenvalue weighted by Gasteiger charge is -2.20. The van der Waals surface area contributed by atoms with Crippen molar-refractivity contribution in [3.05, 3.63) is 34.9 Å². The van der Waals surface area contributed by atoms with Crippen molar-refractivity contribution in [2.24, 2.45) is 0 Å². The van der Waals surface area contributed by atoms with E-state index in [1.54, 1.807) is 0 Å². The first-order valence-corrected chi connectivity index (χ1v) is 5.34. The molecule has 94 valence electrons. The summed E-state index contributed by atoms with van der Waals surface area (Å²) in [6, 6.07) is 5.85. The third kappa shape index (κ3) is 4.39. The summed E-state index contributed by atoms with van der Waals surface area (Å²) in [5.41, 5.74) is 2.92. The molecule has 0 aliphatic heterocycles. The monoisotopic (exact) mass is 236 g/mol. The van der Waals surface area contributed by atoms with Crippen molar-refractivity contribution in [3.8, 4) is 0 Å². The molecular weight excluding hydrogens is 216 g/mol. The first kappa shape index (κ1) is 15.4. The second kappa shape index (κ2) is 6.18. The van der Waals surface area contributed by atoms with E-state index in [0.29, 0.717) is 5.56 Å². The van der Waals surface area contributed by atoms with Gasteiger partial charge in [0.25, 0.3) is 0 Å². The Hall–Kier alpha value is -1.64. The standard InChI is InChI=1S/C13H18O2.CH2O/c1-9-6-10(12(14)15-5)8-11(7-9)13(2,3)4;1-2/h6-8H,1-5H3;1H2. The van der Waals surface area contributed by atoms with Gasteiger partial charge in [0.1, 0.15) is 6.79 Å². The van der Waals surface area contributed by atoms with Crippen LogP contribution in [-0.2, 0) is 14.9 Å². The summed E-state index contributed by atoms with van der Waals surface area (Å²) in [6.45, 7) is 10.4. The number of ether oxygens (including phenoxy) is 1. The molecule has 17 heavy (non-hydrogen) atoms. The van der Waals surface area contributed by atoms with Crippen LogP contribution in [0.15, 0.2) is 18.2 Å². The molecule has 0 atom stereocenters. The highest BCUT2D eigenvalue weighted by molar-refractivity contribution is 5.89. The Balaban J connectivity index is 0.00000121. The second-order valence-corrected chi connectivity index (χ2v) is 4.83. The van der Waals surface area contributed by atoms with Crippen molar-refractivity contribution in [3.63, 3.8) is 0 Å². The van der Waals surface area contributed by atoms with Gasteiger partial charge in [-0.05, 0) is 35.6 Å². The summed E-state index contributed by atoms with van der Waals surface area (Å²) < 4.78 is 4.72. The molecule has 0 N–H and O–H groups in total. The van der Waals surface area contributed by atoms with Crippen molar-refractivity contribution in [1.29, 1.82) is 0 Å². The fourth-order valence-electron chi connectivity index (χ4n) is 1.45. The molecular formula is C14H20O3. The van der Waals surface area contributed by atoms with Gasteiger partial charge in [-0.25, -0.2) is 4.79 Å². The van der Waals surface area contributed by atoms with E-state index in [4.69, 9.17) is 9.53 Å². The van der Waals surface area contributed by atoms with Gasteiger partial charge in [-0.3, -0.25) is 0 Å². The smallest absolute Gasteiger partial charge is 0.337 e. The minimum Gasteiger partial charge on any atom is -0.465 e. The third-order valence-electron chi connectivity index (χ3n) is 2.36. The summed E-state index contributed by atoms with van der Waals surface area (Å²) in [5.74, 6) is -0.274. The van der Waals surface area contributed by atoms with Crippen LogP contribution in [0.1, 0.15) is 42.3 Å². The Kier molecular flexibility index (Phi) is 5.59. The average molecular weight is 236 g/mol. The Morgan fingerprint density at radius 1 is 1.18 bits per heavy atom. The predicted octanol–water partition coefficient (Wildman–Crippen LogP) is 2.89. The normalized spacial score (nSPS) is 10.2. The zero-order valence-electron chi connectivity index (χ0n) is 11.2. The molecule has 1 rings (SSSR count). The minimum absolute atomic E-state index is 0.0504. The lowest BCUT2D eigenvalue weighted by atomic mass is 9.85. The van der Waals surface area contributed by atoms with Gasteiger partial charge in [0.05, 0.1) is 12.7 Å². The van der Waals surface area contributed by atoms with Gasteiger partial charge in [-0.1, -0.05) is 26.8 Å². The molecule has 0 saturated carbocycles. The zero-order chi connectivity index (χ0) is 13.6. The highest BCUT2D eigenvalue weighted by atomic mass is 16.5. The van der Waals surface area contributed by atoms with Crippen LogP contribution in [0.5, 0.6) is 0 Å². The Morgan fingerprint density at radius 2 is 1.71 bits per heavy atom. The molecule has 3 heteroatoms. The van der Waals surface area contributed by atoms with E-state index in [-0.39, 0.29) is 11.4 Å². The first-order chi connectivity index (χ1) is 7.84. The average Bonchev–Trinajstić information content (AvgIpc) is 2.28. The van der Waals surface area contributed by atoms with Crippen LogP contribution >= 0.6 is 0 Å². The Labute approximate surface area is 103 Å². The fraction of sp³-hybridized carbons (Fsp3) is 0.429. The van der Waals surface area contributed by atoms with E-state index in [1.165, 1.54) is 7.11 Å². The van der Waals surface area contributed by atoms with Gasteiger partial charge in [-0.15, -0.1) is 0 Å². The molecule has 1 aromatic carbocycles. The molecule has 0 spiro atoms. The number of methoxy groups -OCH3 is 1. The number of esters is 1. The topological polar surface area (TPSA) is 43.4 Å². The van der Waals surface area contributed by atoms with Gasteiger partial charge in [0.15, 0.2) is 0 Å². The Morgan fingerprint density at radius 3 is 2.12 bits per heavy atom. The first-order valence-electron chi connectivity index (χ1n) is 5.34. The van der Waals surface area contributed by atoms with Crippen LogP contribution in [0.3, 0.4) is 0 Å². The molecule has 0 aliphatic rings. The molecule has 3 nitrogen and oxygen atoms in total. The maximum Gasteiger partial charge on any atom is 0.337 e. The lowest BCUT2D eigenvalue weighted by Crippen LogP contribution is -2.13. The van der Waals surface area contributed by atoms with Gasteiger partial charge in [-0.2, -0.15) is 0 Å². The maximum absolute atomic E-state index is 11.4. The maximum atomic E-state index is 11.4. The number of aryl methyl sites for hydroxylation is 1. The van der Waals surface area contributed by atoms with Crippen LogP contribution in [0.2, 0.25) is 0 Å². The number of carbonyl (C=O) groups excluding carboxylic acids is 2. The highest BCUT2D eigenvalue weighted by Gasteiger charge is 2.16. The van der Waals surface area contributed by atoms with Crippen LogP contribution < -0.4 is 0 Å². The summed E-state index contributed by atoms with van der Waals surface area (Å²) in [6.07, 6.45) is 0. The summed E-state index contributed by atoms with van der Waals surface area (Å²) in [4.78, 5) is 19.4. The van der Waals surface area contributed by atoms with Crippen molar-refractivity contribution in [2.45, 2.75) is 33.1 Å². The number of rotatable bonds is 1. The third-order valence-corrected chi connectivity index (χ3v) is 2.36. The molecule has 0 bridgehead atoms. The molecule has 0 saturated heterocycles. The van der Waals surface area contributed by atoms with Crippen LogP contribution in [0.25, 0.3) is 0 Å². The SMILES string of the molecule is C=O.COC(=O)c1cc(C)cc(C(C)(C)C)c1. The number of carbonyl (C=O) groups is 2. The van der Waals surface area contributed by atoms with Crippen molar-refractivity contribution in [1.82, 2.24) is 0 Å². The van der Waals surface area contributed by atoms with E-state index >= 15 is 0 Å². The molecule has 1 aromatic rings. The minimum atomic E-state index is -0.274. The molecule has 0 unspecified atom stereocenters. The number of benzene rings is 1. The van der Waals surface area contributed by atoms with E-state index in [0.717, 1.165) is 11.1 Å². The van der Waals surface area contributed by atoms with Gasteiger partial charge in [0, 0.05) is 0 Å². The molecule has 0 aromatic heterocycles. The zero-order valence-corrected chi connectivity index (χ0v) is 11.2. The number of hydrogen-bond donors (Lipinski definition) is 0. The lowest BCUT2D eigenvalue weighted by molar-refractivity contribution is -0.0980. The molecule has 0 heterocycles. The highest BCUT2D eigenvalue weighted by Crippen LogP contribution is 2.24. The van der Waals surface area contributed by atoms with Crippen LogP contribution in [0, 0.1) is 6.92 Å². The van der Waals surface area contributed by atoms with Crippen molar-refractivity contribution < 1.29 is 14.3 Å². The van der Waals surface area contributed by atoms with Crippen LogP contribution in [-0.4, -0.2) is 19.9 Å². The molecule has 0 fully saturated rings. The fourth-order valence-corrected chi connectivity index (χ4v) is 1.45. The van der Waals surface area contributed by atoms with E-state index in [2.05, 4.69) is 26.8 Å². The van der Waals surface area contributed by atoms with Crippen molar-refractivity contribution >= 4 is 12.8 Å². The quantitative estimate of drug-likeness (QED) is 0.704. The van der Waals surface area contributed by atoms with Gasteiger partial charge in [0.2, 0.25) is 0 Å². The Bertz CT molecular complexity index is 389.